The normalized spacial score (nSPS) is 20.8. The molecule has 132 valence electrons. The lowest BCUT2D eigenvalue weighted by Gasteiger charge is -2.39. The van der Waals surface area contributed by atoms with Crippen molar-refractivity contribution in [2.24, 2.45) is 0 Å². The van der Waals surface area contributed by atoms with E-state index in [0.29, 0.717) is 29.6 Å². The van der Waals surface area contributed by atoms with E-state index < -0.39 is 22.1 Å². The van der Waals surface area contributed by atoms with Crippen LogP contribution in [0.3, 0.4) is 0 Å². The van der Waals surface area contributed by atoms with E-state index in [1.807, 2.05) is 0 Å². The van der Waals surface area contributed by atoms with Crippen molar-refractivity contribution >= 4 is 34.2 Å². The number of carbonyl (C=O) groups is 2. The van der Waals surface area contributed by atoms with Crippen molar-refractivity contribution in [3.63, 3.8) is 0 Å². The fourth-order valence-corrected chi connectivity index (χ4v) is 5.14. The number of nitrogens with one attached hydrogen (secondary N) is 1. The Kier molecular flexibility index (Phi) is 5.03. The van der Waals surface area contributed by atoms with Crippen LogP contribution < -0.4 is 0 Å². The number of rotatable bonds is 6. The summed E-state index contributed by atoms with van der Waals surface area (Å²) >= 11 is 5.84. The highest BCUT2D eigenvalue weighted by Gasteiger charge is 2.42. The molecule has 1 aliphatic rings. The lowest BCUT2D eigenvalue weighted by Crippen LogP contribution is -2.47. The van der Waals surface area contributed by atoms with Gasteiger partial charge in [-0.2, -0.15) is 9.40 Å². The van der Waals surface area contributed by atoms with Crippen molar-refractivity contribution in [1.29, 1.82) is 0 Å². The largest absolute Gasteiger partial charge is 0.303 e. The van der Waals surface area contributed by atoms with Crippen molar-refractivity contribution in [3.05, 3.63) is 46.7 Å². The second-order valence-corrected chi connectivity index (χ2v) is 8.05. The van der Waals surface area contributed by atoms with E-state index in [1.54, 1.807) is 0 Å². The SMILES string of the molecule is O=CCC1Cc2[nH]ncc2C(CC=O)N1S(=O)(=O)c1ccc(Cl)cc1. The molecule has 0 saturated carbocycles. The number of aromatic nitrogens is 2. The highest BCUT2D eigenvalue weighted by molar-refractivity contribution is 7.89. The van der Waals surface area contributed by atoms with Crippen LogP contribution in [0.4, 0.5) is 0 Å². The van der Waals surface area contributed by atoms with Crippen LogP contribution in [0.1, 0.15) is 30.1 Å². The number of nitrogens with zero attached hydrogens (tertiary/aromatic N) is 2. The predicted molar refractivity (Wildman–Crippen MR) is 90.7 cm³/mol. The zero-order chi connectivity index (χ0) is 18.0. The molecule has 0 saturated heterocycles. The molecule has 1 aromatic heterocycles. The Morgan fingerprint density at radius 1 is 1.20 bits per heavy atom. The number of hydrogen-bond donors (Lipinski definition) is 1. The molecule has 1 aromatic carbocycles. The lowest BCUT2D eigenvalue weighted by molar-refractivity contribution is -0.109. The average Bonchev–Trinajstić information content (AvgIpc) is 3.04. The summed E-state index contributed by atoms with van der Waals surface area (Å²) in [5, 5.41) is 7.22. The summed E-state index contributed by atoms with van der Waals surface area (Å²) in [6.07, 6.45) is 3.24. The molecule has 0 radical (unpaired) electrons. The van der Waals surface area contributed by atoms with Crippen LogP contribution in [-0.2, 0) is 26.0 Å². The highest BCUT2D eigenvalue weighted by atomic mass is 35.5. The van der Waals surface area contributed by atoms with Crippen molar-refractivity contribution < 1.29 is 18.0 Å². The third-order valence-corrected chi connectivity index (χ3v) is 6.52. The average molecular weight is 382 g/mol. The number of aromatic amines is 1. The molecule has 7 nitrogen and oxygen atoms in total. The summed E-state index contributed by atoms with van der Waals surface area (Å²) in [4.78, 5) is 22.4. The van der Waals surface area contributed by atoms with E-state index in [1.165, 1.54) is 34.8 Å². The molecule has 25 heavy (non-hydrogen) atoms. The zero-order valence-electron chi connectivity index (χ0n) is 13.1. The summed E-state index contributed by atoms with van der Waals surface area (Å²) in [6.45, 7) is 0. The van der Waals surface area contributed by atoms with Crippen LogP contribution in [0.15, 0.2) is 35.4 Å². The van der Waals surface area contributed by atoms with Crippen LogP contribution in [0.25, 0.3) is 0 Å². The van der Waals surface area contributed by atoms with E-state index in [-0.39, 0.29) is 17.7 Å². The van der Waals surface area contributed by atoms with Crippen molar-refractivity contribution in [3.8, 4) is 0 Å². The molecule has 0 bridgehead atoms. The zero-order valence-corrected chi connectivity index (χ0v) is 14.7. The van der Waals surface area contributed by atoms with Gasteiger partial charge in [0.25, 0.3) is 0 Å². The van der Waals surface area contributed by atoms with E-state index in [4.69, 9.17) is 11.6 Å². The van der Waals surface area contributed by atoms with Gasteiger partial charge in [-0.05, 0) is 24.3 Å². The maximum Gasteiger partial charge on any atom is 0.243 e. The molecule has 2 heterocycles. The Morgan fingerprint density at radius 2 is 1.88 bits per heavy atom. The van der Waals surface area contributed by atoms with E-state index in [2.05, 4.69) is 10.2 Å². The van der Waals surface area contributed by atoms with Gasteiger partial charge in [0.05, 0.1) is 17.1 Å². The molecule has 2 atom stereocenters. The van der Waals surface area contributed by atoms with Gasteiger partial charge in [0, 0.05) is 41.6 Å². The smallest absolute Gasteiger partial charge is 0.243 e. The molecular formula is C16H16ClN3O4S. The predicted octanol–water partition coefficient (Wildman–Crippen LogP) is 1.90. The first-order valence-corrected chi connectivity index (χ1v) is 9.49. The standard InChI is InChI=1S/C16H16ClN3O4S/c17-11-1-3-13(4-2-11)25(23,24)20-12(5-7-21)9-15-14(10-18-19-15)16(20)6-8-22/h1-4,7-8,10,12,16H,5-6,9H2,(H,18,19). The van der Waals surface area contributed by atoms with Gasteiger partial charge in [-0.1, -0.05) is 11.6 Å². The second kappa shape index (κ2) is 7.07. The molecule has 1 N–H and O–H groups in total. The molecular weight excluding hydrogens is 366 g/mol. The molecule has 1 aliphatic heterocycles. The maximum atomic E-state index is 13.2. The summed E-state index contributed by atoms with van der Waals surface area (Å²) < 4.78 is 27.7. The number of hydrogen-bond acceptors (Lipinski definition) is 5. The van der Waals surface area contributed by atoms with Crippen molar-refractivity contribution in [2.45, 2.75) is 36.2 Å². The summed E-state index contributed by atoms with van der Waals surface area (Å²) in [7, 11) is -3.93. The summed E-state index contributed by atoms with van der Waals surface area (Å²) in [6, 6.07) is 4.52. The first kappa shape index (κ1) is 17.8. The van der Waals surface area contributed by atoms with E-state index in [0.717, 1.165) is 5.69 Å². The number of aldehydes is 2. The van der Waals surface area contributed by atoms with E-state index >= 15 is 0 Å². The lowest BCUT2D eigenvalue weighted by atomic mass is 9.93. The van der Waals surface area contributed by atoms with Gasteiger partial charge in [0.15, 0.2) is 0 Å². The van der Waals surface area contributed by atoms with Crippen molar-refractivity contribution in [2.75, 3.05) is 0 Å². The minimum absolute atomic E-state index is 0.0191. The third kappa shape index (κ3) is 3.24. The van der Waals surface area contributed by atoms with Crippen LogP contribution >= 0.6 is 11.6 Å². The van der Waals surface area contributed by atoms with Gasteiger partial charge in [0.1, 0.15) is 12.6 Å². The fourth-order valence-electron chi connectivity index (χ4n) is 3.20. The third-order valence-electron chi connectivity index (χ3n) is 4.29. The summed E-state index contributed by atoms with van der Waals surface area (Å²) in [5.74, 6) is 0. The number of halogens is 1. The molecule has 9 heteroatoms. The Bertz CT molecular complexity index is 879. The fraction of sp³-hybridized carbons (Fsp3) is 0.312. The maximum absolute atomic E-state index is 13.2. The number of sulfonamides is 1. The first-order valence-electron chi connectivity index (χ1n) is 7.67. The van der Waals surface area contributed by atoms with Crippen LogP contribution in [-0.4, -0.2) is 41.5 Å². The van der Waals surface area contributed by atoms with Gasteiger partial charge >= 0.3 is 0 Å². The Balaban J connectivity index is 2.12. The molecule has 0 amide bonds. The van der Waals surface area contributed by atoms with Crippen LogP contribution in [0.2, 0.25) is 5.02 Å². The van der Waals surface area contributed by atoms with Gasteiger partial charge in [0.2, 0.25) is 10.0 Å². The van der Waals surface area contributed by atoms with Crippen LogP contribution in [0, 0.1) is 0 Å². The summed E-state index contributed by atoms with van der Waals surface area (Å²) in [5.41, 5.74) is 1.41. The molecule has 3 rings (SSSR count). The highest BCUT2D eigenvalue weighted by Crippen LogP contribution is 2.39. The topological polar surface area (TPSA) is 100 Å². The molecule has 0 aliphatic carbocycles. The second-order valence-electron chi connectivity index (χ2n) is 5.77. The molecule has 0 fully saturated rings. The number of benzene rings is 1. The minimum atomic E-state index is -3.93. The Labute approximate surface area is 150 Å². The van der Waals surface area contributed by atoms with Gasteiger partial charge in [-0.3, -0.25) is 5.10 Å². The number of fused-ring (bicyclic) bond motifs is 1. The van der Waals surface area contributed by atoms with Gasteiger partial charge in [-0.25, -0.2) is 8.42 Å². The Hall–Kier alpha value is -2.03. The number of H-pyrrole nitrogens is 1. The quantitative estimate of drug-likeness (QED) is 0.770. The molecule has 0 spiro atoms. The van der Waals surface area contributed by atoms with Gasteiger partial charge in [-0.15, -0.1) is 0 Å². The monoisotopic (exact) mass is 381 g/mol. The van der Waals surface area contributed by atoms with E-state index in [9.17, 15) is 18.0 Å². The van der Waals surface area contributed by atoms with Crippen LogP contribution in [0.5, 0.6) is 0 Å². The minimum Gasteiger partial charge on any atom is -0.303 e. The first-order chi connectivity index (χ1) is 12.0. The van der Waals surface area contributed by atoms with Crippen molar-refractivity contribution in [1.82, 2.24) is 14.5 Å². The Morgan fingerprint density at radius 3 is 2.52 bits per heavy atom. The van der Waals surface area contributed by atoms with Gasteiger partial charge < -0.3 is 9.59 Å². The molecule has 2 aromatic rings. The molecule has 2 unspecified atom stereocenters. The number of carbonyl (C=O) groups excluding carboxylic acids is 2.